The molecular formula is C19H19N5O3. The van der Waals surface area contributed by atoms with Gasteiger partial charge in [-0.1, -0.05) is 30.3 Å². The third-order valence-electron chi connectivity index (χ3n) is 4.55. The molecule has 0 bridgehead atoms. The summed E-state index contributed by atoms with van der Waals surface area (Å²) < 4.78 is 5.26. The Kier molecular flexibility index (Phi) is 4.45. The Balaban J connectivity index is 1.62. The van der Waals surface area contributed by atoms with Crippen LogP contribution in [0, 0.1) is 0 Å². The zero-order chi connectivity index (χ0) is 18.8. The third kappa shape index (κ3) is 3.46. The molecule has 2 amide bonds. The van der Waals surface area contributed by atoms with Crippen LogP contribution >= 0.6 is 0 Å². The number of aromatic amines is 1. The van der Waals surface area contributed by atoms with E-state index in [0.717, 1.165) is 5.56 Å². The van der Waals surface area contributed by atoms with Crippen molar-refractivity contribution in [3.05, 3.63) is 60.3 Å². The average molecular weight is 365 g/mol. The number of likely N-dealkylation sites (tertiary alicyclic amines) is 1. The van der Waals surface area contributed by atoms with Crippen molar-refractivity contribution in [3.63, 3.8) is 0 Å². The molecule has 3 aromatic rings. The molecule has 2 atom stereocenters. The summed E-state index contributed by atoms with van der Waals surface area (Å²) >= 11 is 0. The Morgan fingerprint density at radius 3 is 2.74 bits per heavy atom. The molecule has 1 aliphatic rings. The van der Waals surface area contributed by atoms with Gasteiger partial charge in [-0.05, 0) is 18.6 Å². The van der Waals surface area contributed by atoms with Gasteiger partial charge in [0, 0.05) is 25.1 Å². The topological polar surface area (TPSA) is 104 Å². The Bertz CT molecular complexity index is 935. The van der Waals surface area contributed by atoms with Crippen LogP contribution in [0.15, 0.2) is 53.1 Å². The van der Waals surface area contributed by atoms with Gasteiger partial charge in [-0.25, -0.2) is 4.98 Å². The summed E-state index contributed by atoms with van der Waals surface area (Å²) in [6.07, 6.45) is 2.01. The number of hydrogen-bond donors (Lipinski definition) is 2. The summed E-state index contributed by atoms with van der Waals surface area (Å²) in [5.41, 5.74) is 0.889. The summed E-state index contributed by atoms with van der Waals surface area (Å²) in [5, 5.41) is 10.1. The van der Waals surface area contributed by atoms with Crippen molar-refractivity contribution < 1.29 is 14.0 Å². The average Bonchev–Trinajstić information content (AvgIpc) is 3.41. The summed E-state index contributed by atoms with van der Waals surface area (Å²) in [6.45, 7) is 1.85. The first-order chi connectivity index (χ1) is 13.1. The van der Waals surface area contributed by atoms with E-state index in [4.69, 9.17) is 4.42 Å². The van der Waals surface area contributed by atoms with Crippen LogP contribution in [-0.2, 0) is 4.79 Å². The van der Waals surface area contributed by atoms with Crippen molar-refractivity contribution in [2.75, 3.05) is 6.54 Å². The lowest BCUT2D eigenvalue weighted by molar-refractivity contribution is -0.119. The van der Waals surface area contributed by atoms with E-state index in [2.05, 4.69) is 20.5 Å². The van der Waals surface area contributed by atoms with Crippen molar-refractivity contribution in [1.82, 2.24) is 25.4 Å². The molecule has 0 spiro atoms. The van der Waals surface area contributed by atoms with Crippen LogP contribution < -0.4 is 5.32 Å². The number of nitrogens with zero attached hydrogens (tertiary/aromatic N) is 3. The number of hydrogen-bond acceptors (Lipinski definition) is 5. The molecule has 0 aliphatic carbocycles. The molecule has 2 N–H and O–H groups in total. The third-order valence-corrected chi connectivity index (χ3v) is 4.55. The molecule has 0 saturated carbocycles. The van der Waals surface area contributed by atoms with Crippen molar-refractivity contribution in [2.45, 2.75) is 25.4 Å². The van der Waals surface area contributed by atoms with Crippen LogP contribution in [0.5, 0.6) is 0 Å². The molecular weight excluding hydrogens is 346 g/mol. The van der Waals surface area contributed by atoms with Crippen molar-refractivity contribution >= 4 is 11.8 Å². The largest absolute Gasteiger partial charge is 0.459 e. The van der Waals surface area contributed by atoms with Gasteiger partial charge in [0.15, 0.2) is 11.6 Å². The number of furan rings is 1. The lowest BCUT2D eigenvalue weighted by Gasteiger charge is -2.21. The van der Waals surface area contributed by atoms with E-state index >= 15 is 0 Å². The highest BCUT2D eigenvalue weighted by Gasteiger charge is 2.39. The number of amides is 2. The highest BCUT2D eigenvalue weighted by molar-refractivity contribution is 5.92. The number of H-pyrrole nitrogens is 1. The van der Waals surface area contributed by atoms with Gasteiger partial charge in [-0.2, -0.15) is 5.10 Å². The molecule has 138 valence electrons. The molecule has 27 heavy (non-hydrogen) atoms. The van der Waals surface area contributed by atoms with Gasteiger partial charge in [-0.3, -0.25) is 14.7 Å². The van der Waals surface area contributed by atoms with Crippen LogP contribution in [0.3, 0.4) is 0 Å². The second-order valence-corrected chi connectivity index (χ2v) is 6.49. The summed E-state index contributed by atoms with van der Waals surface area (Å²) in [5.74, 6) is 1.04. The number of benzene rings is 1. The van der Waals surface area contributed by atoms with E-state index in [9.17, 15) is 9.59 Å². The first kappa shape index (κ1) is 17.0. The Morgan fingerprint density at radius 1 is 1.22 bits per heavy atom. The molecule has 1 aromatic carbocycles. The predicted molar refractivity (Wildman–Crippen MR) is 96.5 cm³/mol. The van der Waals surface area contributed by atoms with Gasteiger partial charge < -0.3 is 14.6 Å². The smallest absolute Gasteiger partial charge is 0.290 e. The molecule has 0 unspecified atom stereocenters. The van der Waals surface area contributed by atoms with E-state index in [1.165, 1.54) is 13.2 Å². The molecule has 1 fully saturated rings. The van der Waals surface area contributed by atoms with Gasteiger partial charge in [0.25, 0.3) is 5.91 Å². The molecule has 0 radical (unpaired) electrons. The zero-order valence-electron chi connectivity index (χ0n) is 14.8. The summed E-state index contributed by atoms with van der Waals surface area (Å²) in [4.78, 5) is 30.6. The first-order valence-corrected chi connectivity index (χ1v) is 8.71. The predicted octanol–water partition coefficient (Wildman–Crippen LogP) is 2.16. The molecule has 3 heterocycles. The van der Waals surface area contributed by atoms with Crippen LogP contribution in [-0.4, -0.2) is 44.5 Å². The summed E-state index contributed by atoms with van der Waals surface area (Å²) in [6, 6.07) is 12.4. The van der Waals surface area contributed by atoms with E-state index in [1.54, 1.807) is 17.0 Å². The number of carbonyl (C=O) groups is 2. The molecule has 8 heteroatoms. The standard InChI is InChI=1S/C19H19N5O3/c1-12(25)20-14-10-15(24(11-14)19(26)16-8-5-9-27-16)18-21-17(22-23-18)13-6-3-2-4-7-13/h2-9,14-15H,10-11H2,1H3,(H,20,25)(H,21,22,23)/t14-,15-/m0/s1. The fraction of sp³-hybridized carbons (Fsp3) is 0.263. The Hall–Kier alpha value is -3.42. The number of nitrogens with one attached hydrogen (secondary N) is 2. The van der Waals surface area contributed by atoms with E-state index in [0.29, 0.717) is 24.6 Å². The van der Waals surface area contributed by atoms with Crippen LogP contribution in [0.4, 0.5) is 0 Å². The Labute approximate surface area is 155 Å². The first-order valence-electron chi connectivity index (χ1n) is 8.71. The van der Waals surface area contributed by atoms with E-state index in [1.807, 2.05) is 30.3 Å². The minimum Gasteiger partial charge on any atom is -0.459 e. The molecule has 8 nitrogen and oxygen atoms in total. The fourth-order valence-corrected chi connectivity index (χ4v) is 3.39. The zero-order valence-corrected chi connectivity index (χ0v) is 14.8. The minimum atomic E-state index is -0.329. The highest BCUT2D eigenvalue weighted by Crippen LogP contribution is 2.32. The summed E-state index contributed by atoms with van der Waals surface area (Å²) in [7, 11) is 0. The van der Waals surface area contributed by atoms with Crippen LogP contribution in [0.2, 0.25) is 0 Å². The maximum absolute atomic E-state index is 12.9. The van der Waals surface area contributed by atoms with Gasteiger partial charge in [0.1, 0.15) is 5.82 Å². The second-order valence-electron chi connectivity index (χ2n) is 6.49. The number of rotatable bonds is 4. The van der Waals surface area contributed by atoms with Crippen molar-refractivity contribution in [3.8, 4) is 11.4 Å². The maximum Gasteiger partial charge on any atom is 0.290 e. The number of aromatic nitrogens is 3. The highest BCUT2D eigenvalue weighted by atomic mass is 16.3. The second kappa shape index (κ2) is 7.06. The minimum absolute atomic E-state index is 0.131. The van der Waals surface area contributed by atoms with Crippen LogP contribution in [0.25, 0.3) is 11.4 Å². The maximum atomic E-state index is 12.9. The molecule has 2 aromatic heterocycles. The van der Waals surface area contributed by atoms with Crippen LogP contribution in [0.1, 0.15) is 35.8 Å². The van der Waals surface area contributed by atoms with E-state index < -0.39 is 0 Å². The van der Waals surface area contributed by atoms with Gasteiger partial charge in [-0.15, -0.1) is 0 Å². The van der Waals surface area contributed by atoms with Gasteiger partial charge in [0.05, 0.1) is 12.3 Å². The monoisotopic (exact) mass is 365 g/mol. The quantitative estimate of drug-likeness (QED) is 0.737. The lowest BCUT2D eigenvalue weighted by atomic mass is 10.1. The SMILES string of the molecule is CC(=O)N[C@H]1C[C@@H](c2nc(-c3ccccc3)n[nH]2)N(C(=O)c2ccco2)C1. The van der Waals surface area contributed by atoms with Gasteiger partial charge in [0.2, 0.25) is 5.91 Å². The molecule has 4 rings (SSSR count). The fourth-order valence-electron chi connectivity index (χ4n) is 3.39. The van der Waals surface area contributed by atoms with E-state index in [-0.39, 0.29) is 29.7 Å². The normalized spacial score (nSPS) is 19.2. The van der Waals surface area contributed by atoms with Crippen molar-refractivity contribution in [2.24, 2.45) is 0 Å². The Morgan fingerprint density at radius 2 is 2.04 bits per heavy atom. The molecule has 1 saturated heterocycles. The lowest BCUT2D eigenvalue weighted by Crippen LogP contribution is -2.37. The number of carbonyl (C=O) groups excluding carboxylic acids is 2. The van der Waals surface area contributed by atoms with Gasteiger partial charge >= 0.3 is 0 Å². The molecule has 1 aliphatic heterocycles. The van der Waals surface area contributed by atoms with Crippen molar-refractivity contribution in [1.29, 1.82) is 0 Å².